The van der Waals surface area contributed by atoms with E-state index in [1.54, 1.807) is 22.3 Å². The van der Waals surface area contributed by atoms with Gasteiger partial charge in [0.2, 0.25) is 5.95 Å². The summed E-state index contributed by atoms with van der Waals surface area (Å²) in [6.45, 7) is 0. The normalized spacial score (nSPS) is 32.0. The first-order valence-corrected chi connectivity index (χ1v) is 19.8. The molecule has 1 aromatic carbocycles. The third-order valence-electron chi connectivity index (χ3n) is 12.4. The van der Waals surface area contributed by atoms with Crippen molar-refractivity contribution in [1.29, 1.82) is 0 Å². The van der Waals surface area contributed by atoms with Crippen LogP contribution in [0.2, 0.25) is 0 Å². The second kappa shape index (κ2) is 12.8. The molecule has 1 aromatic heterocycles. The van der Waals surface area contributed by atoms with Gasteiger partial charge in [0.25, 0.3) is 0 Å². The Morgan fingerprint density at radius 3 is 2.68 bits per heavy atom. The average molecular weight is 673 g/mol. The van der Waals surface area contributed by atoms with Crippen molar-refractivity contribution in [1.82, 2.24) is 15.0 Å². The molecule has 50 heavy (non-hydrogen) atoms. The van der Waals surface area contributed by atoms with Crippen molar-refractivity contribution in [3.8, 4) is 0 Å². The van der Waals surface area contributed by atoms with Crippen LogP contribution in [0.5, 0.6) is 0 Å². The second-order valence-corrected chi connectivity index (χ2v) is 16.3. The van der Waals surface area contributed by atoms with E-state index in [0.29, 0.717) is 34.8 Å². The van der Waals surface area contributed by atoms with E-state index < -0.39 is 0 Å². The number of allylic oxidation sites excluding steroid dienone is 16. The van der Waals surface area contributed by atoms with Gasteiger partial charge in [-0.05, 0) is 115 Å². The first kappa shape index (κ1) is 30.6. The summed E-state index contributed by atoms with van der Waals surface area (Å²) < 4.78 is 0. The Hall–Kier alpha value is -4.22. The summed E-state index contributed by atoms with van der Waals surface area (Å²) in [7, 11) is 0. The van der Waals surface area contributed by atoms with Crippen molar-refractivity contribution in [3.05, 3.63) is 155 Å². The summed E-state index contributed by atoms with van der Waals surface area (Å²) in [6, 6.07) is 7.39. The number of thioether (sulfide) groups is 1. The molecule has 250 valence electrons. The largest absolute Gasteiger partial charge is 0.303 e. The molecule has 0 N–H and O–H groups in total. The fourth-order valence-electron chi connectivity index (χ4n) is 9.82. The predicted octanol–water partition coefficient (Wildman–Crippen LogP) is 10.7. The lowest BCUT2D eigenvalue weighted by molar-refractivity contribution is 0.482. The topological polar surface area (TPSA) is 41.9 Å². The minimum absolute atomic E-state index is 0.213. The SMILES string of the molecule is C1=CCC(C2C=CC=C(c3ncnc(N4C5=C(CC(C6=CCCC=C6)C=C5)C5=CCC(c6cccc7c6SC6C=CCCC76)CC54)n3)C2)C=C1. The molecule has 0 spiro atoms. The molecule has 7 atom stereocenters. The van der Waals surface area contributed by atoms with E-state index in [0.717, 1.165) is 56.7 Å². The Balaban J connectivity index is 0.996. The van der Waals surface area contributed by atoms with Crippen molar-refractivity contribution in [2.45, 2.75) is 85.8 Å². The van der Waals surface area contributed by atoms with Gasteiger partial charge in [-0.15, -0.1) is 11.8 Å². The van der Waals surface area contributed by atoms with Crippen LogP contribution in [0.15, 0.2) is 143 Å². The van der Waals surface area contributed by atoms with Crippen molar-refractivity contribution < 1.29 is 0 Å². The number of aromatic nitrogens is 3. The fraction of sp³-hybridized carbons (Fsp3) is 0.356. The van der Waals surface area contributed by atoms with Crippen molar-refractivity contribution >= 4 is 23.3 Å². The number of hydrogen-bond donors (Lipinski definition) is 0. The first-order valence-electron chi connectivity index (χ1n) is 18.9. The molecule has 5 heteroatoms. The lowest BCUT2D eigenvalue weighted by atomic mass is 9.77. The number of rotatable bonds is 5. The maximum atomic E-state index is 5.29. The van der Waals surface area contributed by atoms with Crippen LogP contribution in [0.4, 0.5) is 5.95 Å². The quantitative estimate of drug-likeness (QED) is 0.296. The molecule has 4 nitrogen and oxygen atoms in total. The fourth-order valence-corrected chi connectivity index (χ4v) is 11.5. The summed E-state index contributed by atoms with van der Waals surface area (Å²) in [6.07, 6.45) is 47.0. The highest BCUT2D eigenvalue weighted by atomic mass is 32.2. The van der Waals surface area contributed by atoms with Crippen LogP contribution in [0.3, 0.4) is 0 Å². The van der Waals surface area contributed by atoms with Crippen LogP contribution in [0.1, 0.15) is 86.6 Å². The highest BCUT2D eigenvalue weighted by molar-refractivity contribution is 8.00. The monoisotopic (exact) mass is 672 g/mol. The second-order valence-electron chi connectivity index (χ2n) is 15.2. The molecule has 10 rings (SSSR count). The Morgan fingerprint density at radius 1 is 0.800 bits per heavy atom. The van der Waals surface area contributed by atoms with Gasteiger partial charge >= 0.3 is 0 Å². The van der Waals surface area contributed by atoms with Gasteiger partial charge in [-0.3, -0.25) is 0 Å². The maximum Gasteiger partial charge on any atom is 0.234 e. The predicted molar refractivity (Wildman–Crippen MR) is 206 cm³/mol. The van der Waals surface area contributed by atoms with Crippen LogP contribution in [-0.2, 0) is 0 Å². The Morgan fingerprint density at radius 2 is 1.76 bits per heavy atom. The van der Waals surface area contributed by atoms with Gasteiger partial charge in [-0.25, -0.2) is 9.97 Å². The van der Waals surface area contributed by atoms with E-state index in [4.69, 9.17) is 15.0 Å². The number of hydrogen-bond acceptors (Lipinski definition) is 5. The molecule has 0 amide bonds. The summed E-state index contributed by atoms with van der Waals surface area (Å²) in [5, 5.41) is 0.592. The lowest BCUT2D eigenvalue weighted by Crippen LogP contribution is -2.35. The number of nitrogens with zero attached hydrogens (tertiary/aromatic N) is 4. The molecule has 0 bridgehead atoms. The zero-order valence-electron chi connectivity index (χ0n) is 28.6. The molecule has 6 aliphatic carbocycles. The van der Waals surface area contributed by atoms with E-state index in [2.05, 4.69) is 126 Å². The molecule has 2 aliphatic heterocycles. The van der Waals surface area contributed by atoms with Gasteiger partial charge in [-0.2, -0.15) is 4.98 Å². The van der Waals surface area contributed by atoms with Crippen LogP contribution < -0.4 is 4.90 Å². The van der Waals surface area contributed by atoms with E-state index in [9.17, 15) is 0 Å². The molecule has 0 fully saturated rings. The van der Waals surface area contributed by atoms with E-state index in [1.807, 2.05) is 0 Å². The molecule has 0 saturated carbocycles. The Labute approximate surface area is 300 Å². The van der Waals surface area contributed by atoms with Gasteiger partial charge in [0.1, 0.15) is 6.33 Å². The van der Waals surface area contributed by atoms with Crippen LogP contribution >= 0.6 is 11.8 Å². The number of benzene rings is 1. The zero-order valence-corrected chi connectivity index (χ0v) is 29.4. The molecular formula is C45H44N4S. The molecular weight excluding hydrogens is 629 g/mol. The van der Waals surface area contributed by atoms with E-state index >= 15 is 0 Å². The van der Waals surface area contributed by atoms with Crippen molar-refractivity contribution in [2.75, 3.05) is 4.90 Å². The molecule has 0 radical (unpaired) electrons. The molecule has 0 saturated heterocycles. The van der Waals surface area contributed by atoms with Crippen LogP contribution in [0.25, 0.3) is 5.57 Å². The van der Waals surface area contributed by atoms with Gasteiger partial charge in [0.05, 0.1) is 6.04 Å². The van der Waals surface area contributed by atoms with Crippen LogP contribution in [-0.4, -0.2) is 26.2 Å². The Kier molecular flexibility index (Phi) is 7.85. The van der Waals surface area contributed by atoms with Gasteiger partial charge < -0.3 is 4.90 Å². The first-order chi connectivity index (χ1) is 24.8. The lowest BCUT2D eigenvalue weighted by Gasteiger charge is -2.34. The number of anilines is 1. The van der Waals surface area contributed by atoms with E-state index in [1.165, 1.54) is 40.8 Å². The van der Waals surface area contributed by atoms with Crippen LogP contribution in [0, 0.1) is 17.8 Å². The minimum Gasteiger partial charge on any atom is -0.303 e. The third kappa shape index (κ3) is 5.31. The smallest absolute Gasteiger partial charge is 0.234 e. The van der Waals surface area contributed by atoms with Gasteiger partial charge in [0.15, 0.2) is 5.82 Å². The maximum absolute atomic E-state index is 5.29. The minimum atomic E-state index is 0.213. The average Bonchev–Trinajstić information content (AvgIpc) is 3.74. The number of fused-ring (bicyclic) bond motifs is 5. The highest BCUT2D eigenvalue weighted by Gasteiger charge is 2.44. The van der Waals surface area contributed by atoms with Gasteiger partial charge in [-0.1, -0.05) is 103 Å². The summed E-state index contributed by atoms with van der Waals surface area (Å²) in [5.41, 5.74) is 10.1. The summed E-state index contributed by atoms with van der Waals surface area (Å²) >= 11 is 2.12. The standard InChI is InChI=1S/C45H44N4S/c1-3-11-29(12-4-1)31-15-9-16-34(25-31)44-46-28-47-45(48-44)49-40-24-22-32(30-13-5-2-6-14-30)26-39(40)36-23-21-33(27-41(36)49)35-18-10-19-38-37-17-7-8-20-42(37)50-43(35)38/h1,3-5,8-11,13-16,18-20,22-24,28-29,31-33,37,41-42H,2,6-7,12,17,21,25-27H2. The van der Waals surface area contributed by atoms with Crippen molar-refractivity contribution in [2.24, 2.45) is 17.8 Å². The molecule has 7 unspecified atom stereocenters. The molecule has 8 aliphatic rings. The van der Waals surface area contributed by atoms with E-state index in [-0.39, 0.29) is 6.04 Å². The highest BCUT2D eigenvalue weighted by Crippen LogP contribution is 2.55. The third-order valence-corrected chi connectivity index (χ3v) is 13.8. The Bertz CT molecular complexity index is 2030. The molecule has 3 heterocycles. The summed E-state index contributed by atoms with van der Waals surface area (Å²) in [4.78, 5) is 19.0. The zero-order chi connectivity index (χ0) is 33.0. The summed E-state index contributed by atoms with van der Waals surface area (Å²) in [5.74, 6) is 4.12. The van der Waals surface area contributed by atoms with Gasteiger partial charge in [0, 0.05) is 27.7 Å². The van der Waals surface area contributed by atoms with Crippen molar-refractivity contribution in [3.63, 3.8) is 0 Å². The molecule has 2 aromatic rings.